The van der Waals surface area contributed by atoms with Crippen LogP contribution in [0.1, 0.15) is 41.8 Å². The number of nitrogen functional groups attached to an aromatic ring is 1. The van der Waals surface area contributed by atoms with Gasteiger partial charge in [0.05, 0.1) is 12.8 Å². The average molecular weight is 332 g/mol. The molecule has 0 aromatic carbocycles. The minimum absolute atomic E-state index is 0.0125. The fourth-order valence-corrected chi connectivity index (χ4v) is 5.12. The zero-order valence-corrected chi connectivity index (χ0v) is 13.8. The minimum atomic E-state index is -3.52. The molecule has 1 aromatic rings. The number of rotatable bonds is 4. The smallest absolute Gasteiger partial charge is 0.350 e. The number of hydrogen-bond donors (Lipinski definition) is 2. The molecular formula is C13H20N2O4S2. The molecule has 0 saturated heterocycles. The van der Waals surface area contributed by atoms with Crippen molar-refractivity contribution in [3.8, 4) is 0 Å². The summed E-state index contributed by atoms with van der Waals surface area (Å²) in [6.45, 7) is 0. The molecular weight excluding hydrogens is 312 g/mol. The summed E-state index contributed by atoms with van der Waals surface area (Å²) in [5.41, 5.74) is 5.84. The Bertz CT molecular complexity index is 631. The predicted molar refractivity (Wildman–Crippen MR) is 83.7 cm³/mol. The molecule has 0 aliphatic heterocycles. The minimum Gasteiger partial charge on any atom is -0.465 e. The topological polar surface area (TPSA) is 98.5 Å². The highest BCUT2D eigenvalue weighted by Gasteiger charge is 2.29. The summed E-state index contributed by atoms with van der Waals surface area (Å²) in [6, 6.07) is 0.225. The van der Waals surface area contributed by atoms with Gasteiger partial charge in [-0.3, -0.25) is 0 Å². The van der Waals surface area contributed by atoms with E-state index in [4.69, 9.17) is 5.73 Å². The Morgan fingerprint density at radius 1 is 1.33 bits per heavy atom. The van der Waals surface area contributed by atoms with E-state index in [0.717, 1.165) is 43.3 Å². The first-order valence-corrected chi connectivity index (χ1v) is 9.52. The van der Waals surface area contributed by atoms with E-state index in [1.54, 1.807) is 0 Å². The van der Waals surface area contributed by atoms with Gasteiger partial charge in [0, 0.05) is 12.3 Å². The molecule has 8 heteroatoms. The lowest BCUT2D eigenvalue weighted by Crippen LogP contribution is -2.22. The van der Waals surface area contributed by atoms with Crippen molar-refractivity contribution in [2.75, 3.05) is 24.4 Å². The Labute approximate surface area is 128 Å². The lowest BCUT2D eigenvalue weighted by atomic mass is 9.96. The number of esters is 1. The molecule has 0 spiro atoms. The molecule has 2 rings (SSSR count). The highest BCUT2D eigenvalue weighted by molar-refractivity contribution is 7.91. The molecule has 1 aliphatic rings. The number of nitrogens with one attached hydrogen (secondary N) is 1. The maximum Gasteiger partial charge on any atom is 0.350 e. The normalized spacial score (nSPS) is 16.7. The van der Waals surface area contributed by atoms with Gasteiger partial charge in [0.1, 0.15) is 14.8 Å². The number of carbonyl (C=O) groups excluding carboxylic acids is 1. The molecule has 118 valence electrons. The molecule has 3 N–H and O–H groups in total. The van der Waals surface area contributed by atoms with E-state index in [2.05, 4.69) is 10.1 Å². The van der Waals surface area contributed by atoms with Gasteiger partial charge in [0.2, 0.25) is 0 Å². The van der Waals surface area contributed by atoms with Crippen molar-refractivity contribution in [3.63, 3.8) is 0 Å². The second-order valence-corrected chi connectivity index (χ2v) is 8.22. The van der Waals surface area contributed by atoms with Crippen LogP contribution in [0.5, 0.6) is 0 Å². The summed E-state index contributed by atoms with van der Waals surface area (Å²) in [5, 5.41) is 3.69. The standard InChI is InChI=1S/C13H20N2O4S2/c1-19-13(16)10-9(14)11(21(2,17)18)12(20-10)15-8-6-4-3-5-7-8/h8,15H,3-7,14H2,1-2H3. The van der Waals surface area contributed by atoms with Crippen LogP contribution in [-0.2, 0) is 14.6 Å². The fraction of sp³-hybridized carbons (Fsp3) is 0.615. The summed E-state index contributed by atoms with van der Waals surface area (Å²) in [6.07, 6.45) is 6.53. The van der Waals surface area contributed by atoms with E-state index < -0.39 is 15.8 Å². The average Bonchev–Trinajstić information content (AvgIpc) is 2.75. The van der Waals surface area contributed by atoms with Gasteiger partial charge >= 0.3 is 5.97 Å². The van der Waals surface area contributed by atoms with Gasteiger partial charge in [-0.05, 0) is 12.8 Å². The first-order valence-electron chi connectivity index (χ1n) is 6.81. The maximum atomic E-state index is 12.0. The van der Waals surface area contributed by atoms with Crippen LogP contribution in [0.3, 0.4) is 0 Å². The summed E-state index contributed by atoms with van der Waals surface area (Å²) in [7, 11) is -2.27. The van der Waals surface area contributed by atoms with Gasteiger partial charge in [-0.2, -0.15) is 0 Å². The van der Waals surface area contributed by atoms with Gasteiger partial charge in [0.15, 0.2) is 9.84 Å². The lowest BCUT2D eigenvalue weighted by Gasteiger charge is -2.23. The zero-order valence-electron chi connectivity index (χ0n) is 12.1. The van der Waals surface area contributed by atoms with Gasteiger partial charge in [-0.15, -0.1) is 11.3 Å². The van der Waals surface area contributed by atoms with Crippen LogP contribution in [0.25, 0.3) is 0 Å². The number of methoxy groups -OCH3 is 1. The van der Waals surface area contributed by atoms with E-state index in [1.807, 2.05) is 0 Å². The highest BCUT2D eigenvalue weighted by Crippen LogP contribution is 2.40. The van der Waals surface area contributed by atoms with Crippen molar-refractivity contribution in [1.29, 1.82) is 0 Å². The van der Waals surface area contributed by atoms with Crippen LogP contribution in [-0.4, -0.2) is 33.8 Å². The Morgan fingerprint density at radius 2 is 1.95 bits per heavy atom. The van der Waals surface area contributed by atoms with Crippen molar-refractivity contribution >= 4 is 37.8 Å². The number of carbonyl (C=O) groups is 1. The van der Waals surface area contributed by atoms with Crippen LogP contribution in [0, 0.1) is 0 Å². The number of anilines is 2. The quantitative estimate of drug-likeness (QED) is 0.821. The third-order valence-electron chi connectivity index (χ3n) is 3.58. The van der Waals surface area contributed by atoms with E-state index in [1.165, 1.54) is 13.5 Å². The van der Waals surface area contributed by atoms with E-state index >= 15 is 0 Å². The largest absolute Gasteiger partial charge is 0.465 e. The van der Waals surface area contributed by atoms with Gasteiger partial charge in [-0.25, -0.2) is 13.2 Å². The molecule has 0 amide bonds. The molecule has 1 fully saturated rings. The number of thiophene rings is 1. The Morgan fingerprint density at radius 3 is 2.48 bits per heavy atom. The summed E-state index contributed by atoms with van der Waals surface area (Å²) in [5.74, 6) is -0.612. The Hall–Kier alpha value is -1.28. The van der Waals surface area contributed by atoms with Crippen molar-refractivity contribution in [2.45, 2.75) is 43.0 Å². The van der Waals surface area contributed by atoms with Gasteiger partial charge in [0.25, 0.3) is 0 Å². The third kappa shape index (κ3) is 3.49. The predicted octanol–water partition coefficient (Wildman–Crippen LogP) is 2.27. The summed E-state index contributed by atoms with van der Waals surface area (Å²) >= 11 is 1.05. The number of sulfone groups is 1. The third-order valence-corrected chi connectivity index (χ3v) is 5.99. The molecule has 0 atom stereocenters. The Balaban J connectivity index is 2.40. The van der Waals surface area contributed by atoms with Crippen molar-refractivity contribution < 1.29 is 17.9 Å². The monoisotopic (exact) mass is 332 g/mol. The van der Waals surface area contributed by atoms with E-state index in [0.29, 0.717) is 5.00 Å². The first kappa shape index (κ1) is 16.1. The fourth-order valence-electron chi connectivity index (χ4n) is 2.57. The first-order chi connectivity index (χ1) is 9.84. The summed E-state index contributed by atoms with van der Waals surface area (Å²) in [4.78, 5) is 11.9. The van der Waals surface area contributed by atoms with Crippen LogP contribution >= 0.6 is 11.3 Å². The summed E-state index contributed by atoms with van der Waals surface area (Å²) < 4.78 is 28.6. The molecule has 0 bridgehead atoms. The molecule has 1 aliphatic carbocycles. The van der Waals surface area contributed by atoms with Crippen LogP contribution in [0.2, 0.25) is 0 Å². The number of nitrogens with two attached hydrogens (primary N) is 1. The second-order valence-electron chi connectivity index (χ2n) is 5.25. The Kier molecular flexibility index (Phi) is 4.77. The highest BCUT2D eigenvalue weighted by atomic mass is 32.2. The molecule has 0 radical (unpaired) electrons. The van der Waals surface area contributed by atoms with Gasteiger partial charge < -0.3 is 15.8 Å². The molecule has 1 aromatic heterocycles. The SMILES string of the molecule is COC(=O)c1sc(NC2CCCCC2)c(S(C)(=O)=O)c1N. The van der Waals surface area contributed by atoms with Crippen LogP contribution < -0.4 is 11.1 Å². The molecule has 21 heavy (non-hydrogen) atoms. The lowest BCUT2D eigenvalue weighted by molar-refractivity contribution is 0.0607. The maximum absolute atomic E-state index is 12.0. The van der Waals surface area contributed by atoms with Crippen molar-refractivity contribution in [2.24, 2.45) is 0 Å². The van der Waals surface area contributed by atoms with E-state index in [-0.39, 0.29) is 21.5 Å². The zero-order chi connectivity index (χ0) is 15.6. The van der Waals surface area contributed by atoms with Crippen LogP contribution in [0.4, 0.5) is 10.7 Å². The number of hydrogen-bond acceptors (Lipinski definition) is 7. The number of ether oxygens (including phenoxy) is 1. The van der Waals surface area contributed by atoms with E-state index in [9.17, 15) is 13.2 Å². The molecule has 1 heterocycles. The van der Waals surface area contributed by atoms with Crippen molar-refractivity contribution in [3.05, 3.63) is 4.88 Å². The molecule has 0 unspecified atom stereocenters. The van der Waals surface area contributed by atoms with Gasteiger partial charge in [-0.1, -0.05) is 19.3 Å². The second kappa shape index (κ2) is 6.23. The van der Waals surface area contributed by atoms with Crippen LogP contribution in [0.15, 0.2) is 4.90 Å². The van der Waals surface area contributed by atoms with Crippen molar-refractivity contribution in [1.82, 2.24) is 0 Å². The molecule has 1 saturated carbocycles. The molecule has 6 nitrogen and oxygen atoms in total.